The Morgan fingerprint density at radius 1 is 1.23 bits per heavy atom. The summed E-state index contributed by atoms with van der Waals surface area (Å²) in [6, 6.07) is 6.20. The molecule has 0 aliphatic rings. The molecule has 13 heavy (non-hydrogen) atoms. The third-order valence-corrected chi connectivity index (χ3v) is 3.22. The topological polar surface area (TPSA) is 26.0 Å². The molecule has 0 aromatic heterocycles. The van der Waals surface area contributed by atoms with Gasteiger partial charge in [0, 0.05) is 15.0 Å². The Kier molecular flexibility index (Phi) is 3.95. The van der Waals surface area contributed by atoms with E-state index in [0.717, 1.165) is 8.95 Å². The van der Waals surface area contributed by atoms with Crippen molar-refractivity contribution >= 4 is 31.9 Å². The van der Waals surface area contributed by atoms with E-state index in [1.807, 2.05) is 12.1 Å². The van der Waals surface area contributed by atoms with Crippen molar-refractivity contribution in [3.05, 3.63) is 32.7 Å². The molecule has 1 rings (SSSR count). The number of hydrogen-bond acceptors (Lipinski definition) is 1. The van der Waals surface area contributed by atoms with Crippen molar-refractivity contribution in [2.45, 2.75) is 19.9 Å². The van der Waals surface area contributed by atoms with Crippen LogP contribution in [0.15, 0.2) is 27.1 Å². The molecule has 3 heteroatoms. The van der Waals surface area contributed by atoms with Crippen molar-refractivity contribution in [2.24, 2.45) is 11.7 Å². The Morgan fingerprint density at radius 2 is 1.85 bits per heavy atom. The van der Waals surface area contributed by atoms with Gasteiger partial charge in [-0.25, -0.2) is 0 Å². The van der Waals surface area contributed by atoms with E-state index in [9.17, 15) is 0 Å². The second kappa shape index (κ2) is 4.58. The lowest BCUT2D eigenvalue weighted by molar-refractivity contribution is 0.512. The second-order valence-corrected chi connectivity index (χ2v) is 5.21. The fraction of sp³-hybridized carbons (Fsp3) is 0.400. The van der Waals surface area contributed by atoms with E-state index in [-0.39, 0.29) is 6.04 Å². The number of nitrogens with two attached hydrogens (primary N) is 1. The Bertz CT molecular complexity index is 297. The molecule has 0 spiro atoms. The van der Waals surface area contributed by atoms with Crippen molar-refractivity contribution in [1.29, 1.82) is 0 Å². The minimum Gasteiger partial charge on any atom is -0.324 e. The van der Waals surface area contributed by atoms with Crippen LogP contribution in [0.1, 0.15) is 25.5 Å². The Balaban J connectivity index is 3.01. The molecule has 1 aromatic carbocycles. The summed E-state index contributed by atoms with van der Waals surface area (Å²) in [4.78, 5) is 0. The van der Waals surface area contributed by atoms with Crippen molar-refractivity contribution in [3.8, 4) is 0 Å². The van der Waals surface area contributed by atoms with Crippen LogP contribution in [0.3, 0.4) is 0 Å². The maximum Gasteiger partial charge on any atom is 0.0329 e. The molecule has 0 saturated carbocycles. The zero-order valence-corrected chi connectivity index (χ0v) is 10.9. The molecule has 2 N–H and O–H groups in total. The zero-order valence-electron chi connectivity index (χ0n) is 7.72. The molecule has 0 aliphatic heterocycles. The standard InChI is InChI=1S/C10H13Br2N/c1-6(2)10(13)8-4-3-7(11)5-9(8)12/h3-6,10H,13H2,1-2H3/t10-/m0/s1. The maximum atomic E-state index is 6.04. The van der Waals surface area contributed by atoms with E-state index in [1.165, 1.54) is 5.56 Å². The van der Waals surface area contributed by atoms with Crippen LogP contribution in [0.4, 0.5) is 0 Å². The molecule has 0 fully saturated rings. The highest BCUT2D eigenvalue weighted by molar-refractivity contribution is 9.11. The number of benzene rings is 1. The van der Waals surface area contributed by atoms with E-state index in [1.54, 1.807) is 0 Å². The third-order valence-electron chi connectivity index (χ3n) is 2.04. The van der Waals surface area contributed by atoms with Gasteiger partial charge in [-0.15, -0.1) is 0 Å². The third kappa shape index (κ3) is 2.79. The lowest BCUT2D eigenvalue weighted by Gasteiger charge is -2.17. The minimum absolute atomic E-state index is 0.0995. The van der Waals surface area contributed by atoms with Crippen LogP contribution in [0.5, 0.6) is 0 Å². The van der Waals surface area contributed by atoms with Gasteiger partial charge in [0.2, 0.25) is 0 Å². The van der Waals surface area contributed by atoms with Crippen LogP contribution in [0.25, 0.3) is 0 Å². The number of hydrogen-bond donors (Lipinski definition) is 1. The lowest BCUT2D eigenvalue weighted by atomic mass is 9.97. The summed E-state index contributed by atoms with van der Waals surface area (Å²) >= 11 is 6.92. The number of rotatable bonds is 2. The highest BCUT2D eigenvalue weighted by Gasteiger charge is 2.13. The summed E-state index contributed by atoms with van der Waals surface area (Å²) in [5, 5.41) is 0. The van der Waals surface area contributed by atoms with Crippen LogP contribution in [-0.2, 0) is 0 Å². The molecule has 0 saturated heterocycles. The molecular formula is C10H13Br2N. The molecule has 0 heterocycles. The summed E-state index contributed by atoms with van der Waals surface area (Å²) < 4.78 is 2.14. The predicted molar refractivity (Wildman–Crippen MR) is 63.6 cm³/mol. The summed E-state index contributed by atoms with van der Waals surface area (Å²) in [5.74, 6) is 0.456. The molecule has 0 unspecified atom stereocenters. The van der Waals surface area contributed by atoms with Gasteiger partial charge < -0.3 is 5.73 Å². The number of halogens is 2. The first-order valence-corrected chi connectivity index (χ1v) is 5.81. The molecule has 0 aliphatic carbocycles. The van der Waals surface area contributed by atoms with Gasteiger partial charge in [-0.1, -0.05) is 51.8 Å². The largest absolute Gasteiger partial charge is 0.324 e. The lowest BCUT2D eigenvalue weighted by Crippen LogP contribution is -2.17. The molecule has 1 nitrogen and oxygen atoms in total. The Labute approximate surface area is 96.0 Å². The highest BCUT2D eigenvalue weighted by atomic mass is 79.9. The second-order valence-electron chi connectivity index (χ2n) is 3.44. The van der Waals surface area contributed by atoms with Gasteiger partial charge in [-0.3, -0.25) is 0 Å². The molecule has 1 aromatic rings. The zero-order chi connectivity index (χ0) is 10.0. The van der Waals surface area contributed by atoms with Gasteiger partial charge >= 0.3 is 0 Å². The van der Waals surface area contributed by atoms with E-state index in [2.05, 4.69) is 51.8 Å². The van der Waals surface area contributed by atoms with Crippen molar-refractivity contribution in [1.82, 2.24) is 0 Å². The van der Waals surface area contributed by atoms with Gasteiger partial charge in [0.05, 0.1) is 0 Å². The molecule has 72 valence electrons. The summed E-state index contributed by atoms with van der Waals surface area (Å²) in [6.45, 7) is 4.25. The maximum absolute atomic E-state index is 6.04. The van der Waals surface area contributed by atoms with E-state index >= 15 is 0 Å². The average Bonchev–Trinajstić information content (AvgIpc) is 2.03. The first kappa shape index (κ1) is 11.2. The first-order valence-electron chi connectivity index (χ1n) is 4.23. The summed E-state index contributed by atoms with van der Waals surface area (Å²) in [7, 11) is 0. The normalized spacial score (nSPS) is 13.4. The first-order chi connectivity index (χ1) is 6.02. The highest BCUT2D eigenvalue weighted by Crippen LogP contribution is 2.29. The summed E-state index contributed by atoms with van der Waals surface area (Å²) in [6.07, 6.45) is 0. The van der Waals surface area contributed by atoms with Crippen LogP contribution < -0.4 is 5.73 Å². The SMILES string of the molecule is CC(C)[C@H](N)c1ccc(Br)cc1Br. The molecular weight excluding hydrogens is 294 g/mol. The van der Waals surface area contributed by atoms with Crippen LogP contribution in [-0.4, -0.2) is 0 Å². The fourth-order valence-corrected chi connectivity index (χ4v) is 2.44. The minimum atomic E-state index is 0.0995. The Morgan fingerprint density at radius 3 is 2.31 bits per heavy atom. The summed E-state index contributed by atoms with van der Waals surface area (Å²) in [5.41, 5.74) is 7.21. The monoisotopic (exact) mass is 305 g/mol. The molecule has 0 bridgehead atoms. The van der Waals surface area contributed by atoms with Gasteiger partial charge in [0.25, 0.3) is 0 Å². The van der Waals surface area contributed by atoms with Crippen LogP contribution in [0.2, 0.25) is 0 Å². The van der Waals surface area contributed by atoms with Crippen molar-refractivity contribution in [3.63, 3.8) is 0 Å². The molecule has 0 amide bonds. The molecule has 1 atom stereocenters. The van der Waals surface area contributed by atoms with E-state index < -0.39 is 0 Å². The van der Waals surface area contributed by atoms with Gasteiger partial charge in [0.15, 0.2) is 0 Å². The van der Waals surface area contributed by atoms with E-state index in [4.69, 9.17) is 5.73 Å². The van der Waals surface area contributed by atoms with Gasteiger partial charge in [-0.05, 0) is 23.6 Å². The fourth-order valence-electron chi connectivity index (χ4n) is 1.13. The average molecular weight is 307 g/mol. The smallest absolute Gasteiger partial charge is 0.0329 e. The Hall–Kier alpha value is 0.140. The van der Waals surface area contributed by atoms with Crippen molar-refractivity contribution < 1.29 is 0 Å². The molecule has 0 radical (unpaired) electrons. The quantitative estimate of drug-likeness (QED) is 0.882. The van der Waals surface area contributed by atoms with E-state index in [0.29, 0.717) is 5.92 Å². The van der Waals surface area contributed by atoms with Crippen molar-refractivity contribution in [2.75, 3.05) is 0 Å². The van der Waals surface area contributed by atoms with Gasteiger partial charge in [-0.2, -0.15) is 0 Å². The predicted octanol–water partition coefficient (Wildman–Crippen LogP) is 3.87. The van der Waals surface area contributed by atoms with Crippen LogP contribution in [0, 0.1) is 5.92 Å². The van der Waals surface area contributed by atoms with Crippen LogP contribution >= 0.6 is 31.9 Å². The van der Waals surface area contributed by atoms with Gasteiger partial charge in [0.1, 0.15) is 0 Å².